The van der Waals surface area contributed by atoms with Crippen molar-refractivity contribution in [3.8, 4) is 0 Å². The zero-order valence-corrected chi connectivity index (χ0v) is 14.0. The fourth-order valence-corrected chi connectivity index (χ4v) is 3.38. The van der Waals surface area contributed by atoms with Gasteiger partial charge in [0.05, 0.1) is 17.3 Å². The largest absolute Gasteiger partial charge is 0.395 e. The molecule has 0 radical (unpaired) electrons. The minimum absolute atomic E-state index is 0.00797. The number of rotatable bonds is 8. The Balaban J connectivity index is 2.86. The summed E-state index contributed by atoms with van der Waals surface area (Å²) in [5.41, 5.74) is 6.07. The van der Waals surface area contributed by atoms with Crippen LogP contribution in [0.3, 0.4) is 0 Å². The van der Waals surface area contributed by atoms with Gasteiger partial charge in [-0.1, -0.05) is 24.4 Å². The molecule has 0 heterocycles. The standard InChI is InChI=1S/C14H22N2O3S2/c1-11(2)16(6-8-17)7-9-21(18,19)13-5-3-4-12(10-13)14(15)20/h3-5,10-11,17H,6-9H2,1-2H3,(H2,15,20). The lowest BCUT2D eigenvalue weighted by atomic mass is 10.2. The molecule has 0 aromatic heterocycles. The van der Waals surface area contributed by atoms with Crippen molar-refractivity contribution in [2.45, 2.75) is 24.8 Å². The molecular formula is C14H22N2O3S2. The molecule has 0 aliphatic carbocycles. The van der Waals surface area contributed by atoms with Crippen LogP contribution in [0.25, 0.3) is 0 Å². The van der Waals surface area contributed by atoms with Gasteiger partial charge in [0.1, 0.15) is 4.99 Å². The summed E-state index contributed by atoms with van der Waals surface area (Å²) in [4.78, 5) is 2.33. The molecule has 3 N–H and O–H groups in total. The van der Waals surface area contributed by atoms with Crippen molar-refractivity contribution in [3.63, 3.8) is 0 Å². The first-order valence-electron chi connectivity index (χ1n) is 6.75. The highest BCUT2D eigenvalue weighted by molar-refractivity contribution is 7.91. The van der Waals surface area contributed by atoms with Gasteiger partial charge in [0.15, 0.2) is 9.84 Å². The summed E-state index contributed by atoms with van der Waals surface area (Å²) in [6.07, 6.45) is 0. The summed E-state index contributed by atoms with van der Waals surface area (Å²) in [6.45, 7) is 4.78. The highest BCUT2D eigenvalue weighted by atomic mass is 32.2. The number of hydrogen-bond acceptors (Lipinski definition) is 5. The minimum atomic E-state index is -3.40. The number of nitrogens with zero attached hydrogens (tertiary/aromatic N) is 1. The third-order valence-electron chi connectivity index (χ3n) is 3.24. The van der Waals surface area contributed by atoms with Gasteiger partial charge in [-0.3, -0.25) is 4.90 Å². The topological polar surface area (TPSA) is 83.6 Å². The second-order valence-electron chi connectivity index (χ2n) is 5.06. The monoisotopic (exact) mass is 330 g/mol. The number of thiocarbonyl (C=S) groups is 1. The first kappa shape index (κ1) is 18.0. The highest BCUT2D eigenvalue weighted by Gasteiger charge is 2.18. The SMILES string of the molecule is CC(C)N(CCO)CCS(=O)(=O)c1cccc(C(N)=S)c1. The molecule has 1 rings (SSSR count). The molecule has 0 atom stereocenters. The van der Waals surface area contributed by atoms with Crippen LogP contribution in [-0.4, -0.2) is 54.9 Å². The molecule has 0 aliphatic rings. The fourth-order valence-electron chi connectivity index (χ4n) is 1.95. The van der Waals surface area contributed by atoms with Gasteiger partial charge in [-0.2, -0.15) is 0 Å². The van der Waals surface area contributed by atoms with Gasteiger partial charge in [0.25, 0.3) is 0 Å². The fraction of sp³-hybridized carbons (Fsp3) is 0.500. The van der Waals surface area contributed by atoms with E-state index in [1.807, 2.05) is 18.7 Å². The first-order valence-corrected chi connectivity index (χ1v) is 8.81. The number of aliphatic hydroxyl groups excluding tert-OH is 1. The van der Waals surface area contributed by atoms with Crippen LogP contribution in [0.4, 0.5) is 0 Å². The third kappa shape index (κ3) is 5.35. The summed E-state index contributed by atoms with van der Waals surface area (Å²) in [6, 6.07) is 6.55. The van der Waals surface area contributed by atoms with E-state index in [9.17, 15) is 8.42 Å². The predicted molar refractivity (Wildman–Crippen MR) is 88.2 cm³/mol. The van der Waals surface area contributed by atoms with E-state index in [2.05, 4.69) is 0 Å². The molecule has 0 saturated carbocycles. The molecule has 0 bridgehead atoms. The summed E-state index contributed by atoms with van der Waals surface area (Å²) in [5.74, 6) is -0.00797. The van der Waals surface area contributed by atoms with Crippen molar-refractivity contribution in [2.24, 2.45) is 5.73 Å². The zero-order chi connectivity index (χ0) is 16.0. The van der Waals surface area contributed by atoms with E-state index < -0.39 is 9.84 Å². The molecule has 21 heavy (non-hydrogen) atoms. The Morgan fingerprint density at radius 1 is 1.38 bits per heavy atom. The normalized spacial score (nSPS) is 12.0. The second-order valence-corrected chi connectivity index (χ2v) is 7.61. The first-order chi connectivity index (χ1) is 9.77. The van der Waals surface area contributed by atoms with E-state index in [4.69, 9.17) is 23.1 Å². The average molecular weight is 330 g/mol. The van der Waals surface area contributed by atoms with Gasteiger partial charge in [-0.05, 0) is 26.0 Å². The van der Waals surface area contributed by atoms with Gasteiger partial charge in [-0.25, -0.2) is 8.42 Å². The van der Waals surface area contributed by atoms with E-state index in [1.54, 1.807) is 18.2 Å². The Bertz CT molecular complexity index is 586. The van der Waals surface area contributed by atoms with E-state index in [0.717, 1.165) is 0 Å². The Kier molecular flexibility index (Phi) is 6.73. The van der Waals surface area contributed by atoms with Gasteiger partial charge in [-0.15, -0.1) is 0 Å². The molecule has 118 valence electrons. The maximum Gasteiger partial charge on any atom is 0.179 e. The van der Waals surface area contributed by atoms with Crippen LogP contribution in [0.1, 0.15) is 19.4 Å². The van der Waals surface area contributed by atoms with Gasteiger partial charge < -0.3 is 10.8 Å². The van der Waals surface area contributed by atoms with Crippen LogP contribution in [0, 0.1) is 0 Å². The average Bonchev–Trinajstić information content (AvgIpc) is 2.43. The summed E-state index contributed by atoms with van der Waals surface area (Å²) < 4.78 is 24.7. The summed E-state index contributed by atoms with van der Waals surface area (Å²) >= 11 is 4.87. The predicted octanol–water partition coefficient (Wildman–Crippen LogP) is 0.797. The Morgan fingerprint density at radius 2 is 2.05 bits per heavy atom. The summed E-state index contributed by atoms with van der Waals surface area (Å²) in [5, 5.41) is 9.01. The Morgan fingerprint density at radius 3 is 2.57 bits per heavy atom. The van der Waals surface area contributed by atoms with E-state index >= 15 is 0 Å². The van der Waals surface area contributed by atoms with Crippen molar-refractivity contribution < 1.29 is 13.5 Å². The number of aliphatic hydroxyl groups is 1. The van der Waals surface area contributed by atoms with Crippen LogP contribution >= 0.6 is 12.2 Å². The third-order valence-corrected chi connectivity index (χ3v) is 5.17. The molecule has 0 amide bonds. The van der Waals surface area contributed by atoms with Gasteiger partial charge in [0.2, 0.25) is 0 Å². The van der Waals surface area contributed by atoms with Crippen molar-refractivity contribution in [1.29, 1.82) is 0 Å². The van der Waals surface area contributed by atoms with Crippen LogP contribution in [0.5, 0.6) is 0 Å². The second kappa shape index (κ2) is 7.84. The van der Waals surface area contributed by atoms with Crippen molar-refractivity contribution in [2.75, 3.05) is 25.4 Å². The summed E-state index contributed by atoms with van der Waals surface area (Å²) in [7, 11) is -3.40. The molecule has 0 saturated heterocycles. The number of nitrogens with two attached hydrogens (primary N) is 1. The maximum atomic E-state index is 12.4. The molecule has 7 heteroatoms. The molecule has 0 fully saturated rings. The van der Waals surface area contributed by atoms with E-state index in [1.165, 1.54) is 6.07 Å². The quantitative estimate of drug-likeness (QED) is 0.686. The Hall–Kier alpha value is -1.02. The number of benzene rings is 1. The van der Waals surface area contributed by atoms with Gasteiger partial charge in [0, 0.05) is 24.7 Å². The molecule has 0 aliphatic heterocycles. The lowest BCUT2D eigenvalue weighted by molar-refractivity contribution is 0.173. The van der Waals surface area contributed by atoms with E-state index in [-0.39, 0.29) is 28.3 Å². The minimum Gasteiger partial charge on any atom is -0.395 e. The maximum absolute atomic E-state index is 12.4. The van der Waals surface area contributed by atoms with Crippen molar-refractivity contribution in [1.82, 2.24) is 4.90 Å². The van der Waals surface area contributed by atoms with Crippen LogP contribution in [-0.2, 0) is 9.84 Å². The van der Waals surface area contributed by atoms with Crippen LogP contribution < -0.4 is 5.73 Å². The van der Waals surface area contributed by atoms with E-state index in [0.29, 0.717) is 18.7 Å². The van der Waals surface area contributed by atoms with Crippen LogP contribution in [0.2, 0.25) is 0 Å². The number of hydrogen-bond donors (Lipinski definition) is 2. The van der Waals surface area contributed by atoms with Crippen molar-refractivity contribution >= 4 is 27.0 Å². The lowest BCUT2D eigenvalue weighted by Gasteiger charge is -2.25. The lowest BCUT2D eigenvalue weighted by Crippen LogP contribution is -2.37. The smallest absolute Gasteiger partial charge is 0.179 e. The van der Waals surface area contributed by atoms with Gasteiger partial charge >= 0.3 is 0 Å². The molecular weight excluding hydrogens is 308 g/mol. The molecule has 5 nitrogen and oxygen atoms in total. The highest BCUT2D eigenvalue weighted by Crippen LogP contribution is 2.14. The molecule has 0 spiro atoms. The number of sulfone groups is 1. The molecule has 1 aromatic rings. The Labute approximate surface area is 131 Å². The molecule has 0 unspecified atom stereocenters. The molecule has 1 aromatic carbocycles. The zero-order valence-electron chi connectivity index (χ0n) is 12.3. The van der Waals surface area contributed by atoms with Crippen LogP contribution in [0.15, 0.2) is 29.2 Å². The van der Waals surface area contributed by atoms with Crippen molar-refractivity contribution in [3.05, 3.63) is 29.8 Å².